The van der Waals surface area contributed by atoms with Crippen molar-refractivity contribution in [2.45, 2.75) is 6.42 Å². The van der Waals surface area contributed by atoms with Gasteiger partial charge in [-0.3, -0.25) is 9.89 Å². The summed E-state index contributed by atoms with van der Waals surface area (Å²) in [5.74, 6) is 0.0301. The molecule has 0 aliphatic carbocycles. The summed E-state index contributed by atoms with van der Waals surface area (Å²) in [5.41, 5.74) is 2.41. The van der Waals surface area contributed by atoms with Crippen molar-refractivity contribution >= 4 is 23.2 Å². The maximum Gasteiger partial charge on any atom is 0.276 e. The molecule has 0 saturated heterocycles. The highest BCUT2D eigenvalue weighted by atomic mass is 35.5. The Balaban J connectivity index is 1.74. The van der Waals surface area contributed by atoms with Gasteiger partial charge in [0, 0.05) is 23.2 Å². The molecule has 0 radical (unpaired) electrons. The minimum Gasteiger partial charge on any atom is -0.508 e. The number of aromatic nitrogens is 2. The van der Waals surface area contributed by atoms with Crippen LogP contribution < -0.4 is 10.1 Å². The molecule has 1 aromatic heterocycles. The molecule has 3 N–H and O–H groups in total. The van der Waals surface area contributed by atoms with Crippen molar-refractivity contribution in [3.05, 3.63) is 70.5 Å². The van der Waals surface area contributed by atoms with E-state index < -0.39 is 0 Å². The van der Waals surface area contributed by atoms with Gasteiger partial charge >= 0.3 is 0 Å². The summed E-state index contributed by atoms with van der Waals surface area (Å²) < 4.78 is 5.14. The van der Waals surface area contributed by atoms with E-state index in [0.717, 1.165) is 11.3 Å². The number of aromatic amines is 1. The number of benzene rings is 2. The van der Waals surface area contributed by atoms with Crippen LogP contribution in [0.3, 0.4) is 0 Å². The van der Waals surface area contributed by atoms with Crippen LogP contribution in [0.5, 0.6) is 11.5 Å². The van der Waals surface area contributed by atoms with Gasteiger partial charge in [0.1, 0.15) is 11.5 Å². The number of phenolic OH excluding ortho intramolecular Hbond substituents is 1. The SMILES string of the molecule is COc1cc(O)ccc1NC(=O)c1cc(Cc2ccccc2Cl)[nH]n1. The number of nitrogens with zero attached hydrogens (tertiary/aromatic N) is 1. The third kappa shape index (κ3) is 3.92. The summed E-state index contributed by atoms with van der Waals surface area (Å²) >= 11 is 6.15. The number of nitrogens with one attached hydrogen (secondary N) is 2. The van der Waals surface area contributed by atoms with Crippen molar-refractivity contribution in [2.75, 3.05) is 12.4 Å². The van der Waals surface area contributed by atoms with E-state index in [4.69, 9.17) is 16.3 Å². The molecule has 6 nitrogen and oxygen atoms in total. The summed E-state index contributed by atoms with van der Waals surface area (Å²) in [5, 5.41) is 19.7. The molecular weight excluding hydrogens is 342 g/mol. The van der Waals surface area contributed by atoms with Crippen LogP contribution in [-0.4, -0.2) is 28.3 Å². The fourth-order valence-electron chi connectivity index (χ4n) is 2.38. The largest absolute Gasteiger partial charge is 0.508 e. The van der Waals surface area contributed by atoms with Gasteiger partial charge in [0.15, 0.2) is 5.69 Å². The Morgan fingerprint density at radius 2 is 2.08 bits per heavy atom. The van der Waals surface area contributed by atoms with Gasteiger partial charge in [0.2, 0.25) is 0 Å². The first-order chi connectivity index (χ1) is 12.1. The highest BCUT2D eigenvalue weighted by Gasteiger charge is 2.14. The molecule has 1 heterocycles. The number of anilines is 1. The van der Waals surface area contributed by atoms with Crippen LogP contribution in [0.15, 0.2) is 48.5 Å². The number of hydrogen-bond acceptors (Lipinski definition) is 4. The molecule has 0 bridgehead atoms. The van der Waals surface area contributed by atoms with Gasteiger partial charge in [-0.05, 0) is 29.8 Å². The van der Waals surface area contributed by atoms with Crippen LogP contribution in [-0.2, 0) is 6.42 Å². The number of rotatable bonds is 5. The maximum atomic E-state index is 12.4. The lowest BCUT2D eigenvalue weighted by atomic mass is 10.1. The molecule has 3 aromatic rings. The number of methoxy groups -OCH3 is 1. The predicted molar refractivity (Wildman–Crippen MR) is 95.5 cm³/mol. The van der Waals surface area contributed by atoms with E-state index in [9.17, 15) is 9.90 Å². The molecule has 0 atom stereocenters. The first-order valence-electron chi connectivity index (χ1n) is 7.53. The summed E-state index contributed by atoms with van der Waals surface area (Å²) in [6, 6.07) is 13.6. The minimum atomic E-state index is -0.384. The molecular formula is C18H16ClN3O3. The second kappa shape index (κ2) is 7.27. The zero-order valence-electron chi connectivity index (χ0n) is 13.4. The van der Waals surface area contributed by atoms with Gasteiger partial charge in [-0.25, -0.2) is 0 Å². The lowest BCUT2D eigenvalue weighted by Gasteiger charge is -2.09. The molecule has 7 heteroatoms. The van der Waals surface area contributed by atoms with Crippen LogP contribution in [0.1, 0.15) is 21.7 Å². The number of ether oxygens (including phenoxy) is 1. The van der Waals surface area contributed by atoms with E-state index in [-0.39, 0.29) is 17.4 Å². The monoisotopic (exact) mass is 357 g/mol. The molecule has 0 aliphatic rings. The van der Waals surface area contributed by atoms with E-state index >= 15 is 0 Å². The van der Waals surface area contributed by atoms with Crippen molar-refractivity contribution in [2.24, 2.45) is 0 Å². The van der Waals surface area contributed by atoms with Gasteiger partial charge in [-0.1, -0.05) is 29.8 Å². The van der Waals surface area contributed by atoms with Crippen molar-refractivity contribution < 1.29 is 14.6 Å². The van der Waals surface area contributed by atoms with Crippen LogP contribution in [0, 0.1) is 0 Å². The number of carbonyl (C=O) groups excluding carboxylic acids is 1. The second-order valence-corrected chi connectivity index (χ2v) is 5.79. The van der Waals surface area contributed by atoms with E-state index in [1.165, 1.54) is 19.2 Å². The molecule has 0 fully saturated rings. The quantitative estimate of drug-likeness (QED) is 0.608. The number of halogens is 1. The molecule has 0 spiro atoms. The van der Waals surface area contributed by atoms with Crippen molar-refractivity contribution in [1.82, 2.24) is 10.2 Å². The fourth-order valence-corrected chi connectivity index (χ4v) is 2.59. The van der Waals surface area contributed by atoms with Crippen LogP contribution in [0.4, 0.5) is 5.69 Å². The molecule has 0 saturated carbocycles. The number of amides is 1. The first-order valence-corrected chi connectivity index (χ1v) is 7.90. The number of aromatic hydroxyl groups is 1. The average Bonchev–Trinajstić information content (AvgIpc) is 3.07. The minimum absolute atomic E-state index is 0.0524. The first kappa shape index (κ1) is 16.9. The Morgan fingerprint density at radius 1 is 1.28 bits per heavy atom. The van der Waals surface area contributed by atoms with Crippen LogP contribution in [0.2, 0.25) is 5.02 Å². The molecule has 25 heavy (non-hydrogen) atoms. The summed E-state index contributed by atoms with van der Waals surface area (Å²) in [6.07, 6.45) is 0.544. The molecule has 128 valence electrons. The zero-order chi connectivity index (χ0) is 17.8. The zero-order valence-corrected chi connectivity index (χ0v) is 14.2. The predicted octanol–water partition coefficient (Wildman–Crippen LogP) is 3.62. The highest BCUT2D eigenvalue weighted by molar-refractivity contribution is 6.31. The summed E-state index contributed by atoms with van der Waals surface area (Å²) in [6.45, 7) is 0. The van der Waals surface area contributed by atoms with Gasteiger partial charge in [0.05, 0.1) is 12.8 Å². The Hall–Kier alpha value is -2.99. The smallest absolute Gasteiger partial charge is 0.276 e. The number of carbonyl (C=O) groups is 1. The molecule has 1 amide bonds. The standard InChI is InChI=1S/C18H16ClN3O3/c1-25-17-10-13(23)6-7-15(17)20-18(24)16-9-12(21-22-16)8-11-4-2-3-5-14(11)19/h2-7,9-10,23H,8H2,1H3,(H,20,24)(H,21,22). The van der Waals surface area contributed by atoms with E-state index in [0.29, 0.717) is 22.9 Å². The van der Waals surface area contributed by atoms with Crippen molar-refractivity contribution in [3.63, 3.8) is 0 Å². The van der Waals surface area contributed by atoms with Crippen LogP contribution >= 0.6 is 11.6 Å². The van der Waals surface area contributed by atoms with E-state index in [2.05, 4.69) is 15.5 Å². The van der Waals surface area contributed by atoms with Crippen molar-refractivity contribution in [3.8, 4) is 11.5 Å². The number of phenols is 1. The Bertz CT molecular complexity index is 908. The average molecular weight is 358 g/mol. The third-order valence-corrected chi connectivity index (χ3v) is 4.00. The highest BCUT2D eigenvalue weighted by Crippen LogP contribution is 2.28. The molecule has 2 aromatic carbocycles. The molecule has 0 unspecified atom stereocenters. The van der Waals surface area contributed by atoms with Gasteiger partial charge in [0.25, 0.3) is 5.91 Å². The second-order valence-electron chi connectivity index (χ2n) is 5.39. The van der Waals surface area contributed by atoms with Gasteiger partial charge < -0.3 is 15.2 Å². The maximum absolute atomic E-state index is 12.4. The van der Waals surface area contributed by atoms with Gasteiger partial charge in [-0.2, -0.15) is 5.10 Å². The fraction of sp³-hybridized carbons (Fsp3) is 0.111. The molecule has 3 rings (SSSR count). The van der Waals surface area contributed by atoms with E-state index in [1.807, 2.05) is 24.3 Å². The van der Waals surface area contributed by atoms with Crippen molar-refractivity contribution in [1.29, 1.82) is 0 Å². The number of H-pyrrole nitrogens is 1. The normalized spacial score (nSPS) is 10.5. The van der Waals surface area contributed by atoms with E-state index in [1.54, 1.807) is 12.1 Å². The summed E-state index contributed by atoms with van der Waals surface area (Å²) in [7, 11) is 1.46. The lowest BCUT2D eigenvalue weighted by molar-refractivity contribution is 0.102. The Morgan fingerprint density at radius 3 is 2.84 bits per heavy atom. The third-order valence-electron chi connectivity index (χ3n) is 3.64. The van der Waals surface area contributed by atoms with Gasteiger partial charge in [-0.15, -0.1) is 0 Å². The van der Waals surface area contributed by atoms with Crippen LogP contribution in [0.25, 0.3) is 0 Å². The molecule has 0 aliphatic heterocycles. The Labute approximate surface area is 149 Å². The Kier molecular flexibility index (Phi) is 4.90. The topological polar surface area (TPSA) is 87.2 Å². The number of hydrogen-bond donors (Lipinski definition) is 3. The summed E-state index contributed by atoms with van der Waals surface area (Å²) in [4.78, 5) is 12.4. The lowest BCUT2D eigenvalue weighted by Crippen LogP contribution is -2.13.